The predicted octanol–water partition coefficient (Wildman–Crippen LogP) is 2.99. The van der Waals surface area contributed by atoms with Gasteiger partial charge in [-0.3, -0.25) is 19.5 Å². The molecule has 2 aromatic rings. The van der Waals surface area contributed by atoms with Gasteiger partial charge in [-0.15, -0.1) is 0 Å². The van der Waals surface area contributed by atoms with Crippen LogP contribution in [0.4, 0.5) is 0 Å². The Balaban J connectivity index is 1.23. The van der Waals surface area contributed by atoms with Gasteiger partial charge in [-0.1, -0.05) is 25.7 Å². The monoisotopic (exact) mass is 465 g/mol. The maximum atomic E-state index is 13.4. The Morgan fingerprint density at radius 1 is 0.882 bits per heavy atom. The highest BCUT2D eigenvalue weighted by molar-refractivity contribution is 5.80. The molecule has 2 aromatic heterocycles. The van der Waals surface area contributed by atoms with Gasteiger partial charge in [0, 0.05) is 55.6 Å². The van der Waals surface area contributed by atoms with E-state index in [0.29, 0.717) is 43.2 Å². The van der Waals surface area contributed by atoms with Crippen LogP contribution in [0.2, 0.25) is 0 Å². The van der Waals surface area contributed by atoms with E-state index in [-0.39, 0.29) is 29.2 Å². The van der Waals surface area contributed by atoms with Gasteiger partial charge in [0.15, 0.2) is 5.65 Å². The number of nitrogens with zero attached hydrogens (tertiary/aromatic N) is 4. The van der Waals surface area contributed by atoms with Crippen LogP contribution in [0.15, 0.2) is 10.9 Å². The van der Waals surface area contributed by atoms with Gasteiger partial charge in [-0.25, -0.2) is 9.50 Å². The summed E-state index contributed by atoms with van der Waals surface area (Å²) in [5, 5.41) is 3.31. The molecule has 1 atom stereocenters. The van der Waals surface area contributed by atoms with E-state index < -0.39 is 0 Å². The first kappa shape index (κ1) is 21.9. The van der Waals surface area contributed by atoms with Crippen molar-refractivity contribution >= 4 is 17.5 Å². The Kier molecular flexibility index (Phi) is 5.70. The molecule has 1 N–H and O–H groups in total. The fourth-order valence-corrected chi connectivity index (χ4v) is 6.69. The molecule has 34 heavy (non-hydrogen) atoms. The van der Waals surface area contributed by atoms with Gasteiger partial charge in [0.2, 0.25) is 11.8 Å². The molecule has 6 rings (SSSR count). The number of likely N-dealkylation sites (tertiary alicyclic amines) is 1. The summed E-state index contributed by atoms with van der Waals surface area (Å²) in [5.74, 6) is 1.04. The average molecular weight is 466 g/mol. The smallest absolute Gasteiger partial charge is 0.277 e. The van der Waals surface area contributed by atoms with Crippen LogP contribution in [0, 0.1) is 11.8 Å². The van der Waals surface area contributed by atoms with E-state index in [9.17, 15) is 14.4 Å². The molecular formula is C26H35N5O3. The summed E-state index contributed by atoms with van der Waals surface area (Å²) in [5.41, 5.74) is 3.01. The molecule has 0 spiro atoms. The van der Waals surface area contributed by atoms with E-state index in [1.165, 1.54) is 12.8 Å². The summed E-state index contributed by atoms with van der Waals surface area (Å²) in [7, 11) is 0. The maximum Gasteiger partial charge on any atom is 0.277 e. The van der Waals surface area contributed by atoms with Crippen molar-refractivity contribution in [2.24, 2.45) is 11.8 Å². The van der Waals surface area contributed by atoms with Crippen LogP contribution in [-0.4, -0.2) is 55.8 Å². The second-order valence-electron chi connectivity index (χ2n) is 10.8. The van der Waals surface area contributed by atoms with E-state index in [1.54, 1.807) is 4.52 Å². The number of hydrogen-bond acceptors (Lipinski definition) is 4. The Morgan fingerprint density at radius 2 is 1.56 bits per heavy atom. The van der Waals surface area contributed by atoms with Gasteiger partial charge in [0.1, 0.15) is 0 Å². The van der Waals surface area contributed by atoms with Gasteiger partial charge >= 0.3 is 0 Å². The van der Waals surface area contributed by atoms with Crippen LogP contribution in [0.3, 0.4) is 0 Å². The SMILES string of the molecule is O=C(C1CCCC1)N1CCc2nc3cc([C@@H]4CCCN(C(=O)C5CCCC5)C4)[nH]n3c(=O)c2C1. The van der Waals surface area contributed by atoms with Crippen LogP contribution in [0.1, 0.15) is 87.1 Å². The normalized spacial score (nSPS) is 24.2. The third kappa shape index (κ3) is 3.85. The van der Waals surface area contributed by atoms with Crippen molar-refractivity contribution in [2.45, 2.75) is 83.1 Å². The lowest BCUT2D eigenvalue weighted by molar-refractivity contribution is -0.137. The molecule has 8 heteroatoms. The topological polar surface area (TPSA) is 90.8 Å². The van der Waals surface area contributed by atoms with Crippen LogP contribution in [0.25, 0.3) is 5.65 Å². The number of nitrogens with one attached hydrogen (secondary N) is 1. The van der Waals surface area contributed by atoms with Gasteiger partial charge in [0.05, 0.1) is 17.8 Å². The number of carbonyl (C=O) groups excluding carboxylic acids is 2. The number of fused-ring (bicyclic) bond motifs is 2. The number of amides is 2. The Morgan fingerprint density at radius 3 is 2.26 bits per heavy atom. The molecule has 182 valence electrons. The highest BCUT2D eigenvalue weighted by Gasteiger charge is 2.33. The number of hydrogen-bond donors (Lipinski definition) is 1. The number of piperidine rings is 1. The molecule has 0 unspecified atom stereocenters. The summed E-state index contributed by atoms with van der Waals surface area (Å²) in [6, 6.07) is 1.99. The molecule has 1 saturated heterocycles. The lowest BCUT2D eigenvalue weighted by atomic mass is 9.93. The zero-order valence-corrected chi connectivity index (χ0v) is 19.9. The molecule has 0 aromatic carbocycles. The number of rotatable bonds is 3. The van der Waals surface area contributed by atoms with E-state index in [0.717, 1.165) is 69.3 Å². The zero-order chi connectivity index (χ0) is 23.2. The van der Waals surface area contributed by atoms with E-state index in [4.69, 9.17) is 4.98 Å². The predicted molar refractivity (Wildman–Crippen MR) is 127 cm³/mol. The van der Waals surface area contributed by atoms with Crippen LogP contribution >= 0.6 is 0 Å². The quantitative estimate of drug-likeness (QED) is 0.755. The summed E-state index contributed by atoms with van der Waals surface area (Å²) < 4.78 is 1.55. The van der Waals surface area contributed by atoms with Gasteiger partial charge in [0.25, 0.3) is 5.56 Å². The third-order valence-corrected chi connectivity index (χ3v) is 8.67. The van der Waals surface area contributed by atoms with Gasteiger partial charge in [-0.05, 0) is 38.5 Å². The van der Waals surface area contributed by atoms with Crippen molar-refractivity contribution < 1.29 is 9.59 Å². The standard InChI is InChI=1S/C26H35N5O3/c32-24(17-6-1-2-7-17)29-12-5-10-19(15-29)22-14-23-27-21-11-13-30(25(33)18-8-3-4-9-18)16-20(21)26(34)31(23)28-22/h14,17-19,28H,1-13,15-16H2/t19-/m1/s1. The minimum atomic E-state index is -0.0927. The first-order valence-corrected chi connectivity index (χ1v) is 13.3. The highest BCUT2D eigenvalue weighted by atomic mass is 16.2. The molecule has 4 aliphatic rings. The summed E-state index contributed by atoms with van der Waals surface area (Å²) in [4.78, 5) is 48.0. The van der Waals surface area contributed by atoms with Crippen molar-refractivity contribution in [3.63, 3.8) is 0 Å². The maximum absolute atomic E-state index is 13.4. The number of H-pyrrole nitrogens is 1. The molecule has 8 nitrogen and oxygen atoms in total. The molecule has 2 saturated carbocycles. The minimum absolute atomic E-state index is 0.0927. The summed E-state index contributed by atoms with van der Waals surface area (Å²) in [6.07, 6.45) is 11.2. The van der Waals surface area contributed by atoms with Crippen molar-refractivity contribution in [3.05, 3.63) is 33.4 Å². The molecule has 3 fully saturated rings. The Hall–Kier alpha value is -2.64. The Labute approximate surface area is 199 Å². The zero-order valence-electron chi connectivity index (χ0n) is 19.9. The number of carbonyl (C=O) groups is 2. The summed E-state index contributed by atoms with van der Waals surface area (Å²) in [6.45, 7) is 2.55. The van der Waals surface area contributed by atoms with Crippen molar-refractivity contribution in [2.75, 3.05) is 19.6 Å². The van der Waals surface area contributed by atoms with Crippen molar-refractivity contribution in [3.8, 4) is 0 Å². The molecule has 2 aliphatic heterocycles. The largest absolute Gasteiger partial charge is 0.342 e. The highest BCUT2D eigenvalue weighted by Crippen LogP contribution is 2.32. The van der Waals surface area contributed by atoms with Crippen LogP contribution < -0.4 is 5.56 Å². The van der Waals surface area contributed by atoms with Crippen molar-refractivity contribution in [1.29, 1.82) is 0 Å². The third-order valence-electron chi connectivity index (χ3n) is 8.67. The number of aromatic nitrogens is 3. The van der Waals surface area contributed by atoms with E-state index in [2.05, 4.69) is 5.10 Å². The number of aromatic amines is 1. The lowest BCUT2D eigenvalue weighted by Gasteiger charge is -2.34. The molecule has 2 aliphatic carbocycles. The Bertz CT molecular complexity index is 1160. The van der Waals surface area contributed by atoms with E-state index in [1.807, 2.05) is 15.9 Å². The second kappa shape index (κ2) is 8.86. The minimum Gasteiger partial charge on any atom is -0.342 e. The van der Waals surface area contributed by atoms with Crippen LogP contribution in [0.5, 0.6) is 0 Å². The van der Waals surface area contributed by atoms with E-state index >= 15 is 0 Å². The van der Waals surface area contributed by atoms with Crippen LogP contribution in [-0.2, 0) is 22.6 Å². The molecule has 2 amide bonds. The molecule has 0 bridgehead atoms. The first-order chi connectivity index (χ1) is 16.6. The lowest BCUT2D eigenvalue weighted by Crippen LogP contribution is -2.42. The fraction of sp³-hybridized carbons (Fsp3) is 0.692. The van der Waals surface area contributed by atoms with Gasteiger partial charge in [-0.2, -0.15) is 0 Å². The van der Waals surface area contributed by atoms with Crippen molar-refractivity contribution in [1.82, 2.24) is 24.4 Å². The molecule has 4 heterocycles. The van der Waals surface area contributed by atoms with Gasteiger partial charge < -0.3 is 9.80 Å². The fourth-order valence-electron chi connectivity index (χ4n) is 6.69. The second-order valence-corrected chi connectivity index (χ2v) is 10.8. The molecular weight excluding hydrogens is 430 g/mol. The average Bonchev–Trinajstić information content (AvgIpc) is 3.65. The molecule has 0 radical (unpaired) electrons. The summed E-state index contributed by atoms with van der Waals surface area (Å²) >= 11 is 0. The first-order valence-electron chi connectivity index (χ1n) is 13.3.